The maximum absolute atomic E-state index is 14.7. The molecule has 4 rings (SSSR count). The van der Waals surface area contributed by atoms with Gasteiger partial charge in [0.1, 0.15) is 17.5 Å². The fourth-order valence-electron chi connectivity index (χ4n) is 3.74. The molecule has 0 aliphatic carbocycles. The van der Waals surface area contributed by atoms with Crippen LogP contribution in [0.3, 0.4) is 0 Å². The summed E-state index contributed by atoms with van der Waals surface area (Å²) < 4.78 is 16.7. The van der Waals surface area contributed by atoms with Crippen LogP contribution in [0, 0.1) is 11.2 Å². The number of pyridine rings is 1. The van der Waals surface area contributed by atoms with Gasteiger partial charge in [-0.3, -0.25) is 4.99 Å². The number of nitrogens with zero attached hydrogens (tertiary/aromatic N) is 4. The minimum Gasteiger partial charge on any atom is -0.369 e. The van der Waals surface area contributed by atoms with Crippen molar-refractivity contribution in [2.45, 2.75) is 33.7 Å². The van der Waals surface area contributed by atoms with Gasteiger partial charge in [0.25, 0.3) is 0 Å². The highest BCUT2D eigenvalue weighted by atomic mass is 35.5. The summed E-state index contributed by atoms with van der Waals surface area (Å²) in [6.45, 7) is 8.19. The van der Waals surface area contributed by atoms with Crippen LogP contribution in [-0.2, 0) is 6.54 Å². The highest BCUT2D eigenvalue weighted by Crippen LogP contribution is 2.41. The Morgan fingerprint density at radius 2 is 2.09 bits per heavy atom. The number of hydrogen-bond donors (Lipinski definition) is 3. The number of urea groups is 1. The van der Waals surface area contributed by atoms with E-state index >= 15 is 0 Å². The van der Waals surface area contributed by atoms with E-state index in [0.29, 0.717) is 24.3 Å². The Morgan fingerprint density at radius 1 is 1.30 bits per heavy atom. The van der Waals surface area contributed by atoms with Crippen molar-refractivity contribution in [3.63, 3.8) is 0 Å². The van der Waals surface area contributed by atoms with Crippen LogP contribution >= 0.6 is 11.6 Å². The molecule has 33 heavy (non-hydrogen) atoms. The lowest BCUT2D eigenvalue weighted by Gasteiger charge is -2.19. The lowest BCUT2D eigenvalue weighted by atomic mass is 9.92. The summed E-state index contributed by atoms with van der Waals surface area (Å²) in [5.41, 5.74) is 2.71. The fourth-order valence-corrected chi connectivity index (χ4v) is 3.99. The summed E-state index contributed by atoms with van der Waals surface area (Å²) in [5, 5.41) is 8.98. The van der Waals surface area contributed by atoms with E-state index in [0.717, 1.165) is 35.7 Å². The first-order valence-electron chi connectivity index (χ1n) is 10.8. The van der Waals surface area contributed by atoms with Gasteiger partial charge in [0, 0.05) is 49.6 Å². The number of benzene rings is 1. The summed E-state index contributed by atoms with van der Waals surface area (Å²) in [5.74, 6) is 0.965. The van der Waals surface area contributed by atoms with Gasteiger partial charge in [-0.25, -0.2) is 14.2 Å². The Bertz CT molecular complexity index is 1250. The molecule has 0 aromatic heterocycles. The molecule has 0 saturated carbocycles. The Balaban J connectivity index is 1.70. The Labute approximate surface area is 196 Å². The zero-order valence-corrected chi connectivity index (χ0v) is 19.8. The third-order valence-electron chi connectivity index (χ3n) is 5.45. The molecule has 0 bridgehead atoms. The average molecular weight is 472 g/mol. The fraction of sp³-hybridized carbons (Fsp3) is 0.391. The predicted octanol–water partition coefficient (Wildman–Crippen LogP) is 4.36. The van der Waals surface area contributed by atoms with E-state index < -0.39 is 11.8 Å². The third kappa shape index (κ3) is 4.93. The largest absolute Gasteiger partial charge is 0.369 e. The van der Waals surface area contributed by atoms with Crippen molar-refractivity contribution in [1.82, 2.24) is 19.9 Å². The molecule has 10 heteroatoms. The third-order valence-corrected chi connectivity index (χ3v) is 5.76. The minimum absolute atomic E-state index is 0.0517. The van der Waals surface area contributed by atoms with E-state index in [1.807, 2.05) is 10.6 Å². The number of amides is 2. The highest BCUT2D eigenvalue weighted by molar-refractivity contribution is 6.33. The van der Waals surface area contributed by atoms with Crippen molar-refractivity contribution in [3.8, 4) is 22.5 Å². The molecule has 8 nitrogen and oxygen atoms in total. The zero-order valence-electron chi connectivity index (χ0n) is 19.1. The number of fused-ring (bicyclic) bond motifs is 3. The van der Waals surface area contributed by atoms with E-state index in [1.165, 1.54) is 6.07 Å². The van der Waals surface area contributed by atoms with Crippen molar-refractivity contribution in [1.29, 1.82) is 0 Å². The van der Waals surface area contributed by atoms with Gasteiger partial charge in [-0.05, 0) is 30.0 Å². The number of carbonyl (C=O) groups excluding carboxylic acids is 1. The van der Waals surface area contributed by atoms with Gasteiger partial charge in [-0.1, -0.05) is 32.4 Å². The SMILES string of the molecule is CN=c1ncc2cc(-c3cc(NC(=O)NCCC(C)(C)C)c(F)cc3Cl)c3n(c-2n1)CCN3. The molecule has 0 radical (unpaired) electrons. The van der Waals surface area contributed by atoms with Crippen molar-refractivity contribution in [2.75, 3.05) is 30.8 Å². The Hall–Kier alpha value is -3.20. The van der Waals surface area contributed by atoms with Gasteiger partial charge in [-0.2, -0.15) is 4.98 Å². The number of halogens is 2. The summed E-state index contributed by atoms with van der Waals surface area (Å²) in [4.78, 5) is 25.2. The van der Waals surface area contributed by atoms with Crippen molar-refractivity contribution >= 4 is 29.1 Å². The van der Waals surface area contributed by atoms with E-state index in [1.54, 1.807) is 19.3 Å². The van der Waals surface area contributed by atoms with Gasteiger partial charge in [0.05, 0.1) is 10.7 Å². The summed E-state index contributed by atoms with van der Waals surface area (Å²) in [7, 11) is 1.64. The van der Waals surface area contributed by atoms with Gasteiger partial charge in [0.2, 0.25) is 5.62 Å². The van der Waals surface area contributed by atoms with Crippen LogP contribution < -0.4 is 21.6 Å². The molecule has 3 heterocycles. The number of aromatic nitrogens is 3. The molecule has 2 amide bonds. The molecule has 0 fully saturated rings. The monoisotopic (exact) mass is 471 g/mol. The van der Waals surface area contributed by atoms with Gasteiger partial charge >= 0.3 is 6.03 Å². The first kappa shape index (κ1) is 23.0. The normalized spacial score (nSPS) is 13.7. The molecule has 0 spiro atoms. The number of nitrogens with one attached hydrogen (secondary N) is 3. The minimum atomic E-state index is -0.606. The van der Waals surface area contributed by atoms with Crippen LogP contribution in [0.2, 0.25) is 5.02 Å². The lowest BCUT2D eigenvalue weighted by Crippen LogP contribution is -2.31. The first-order chi connectivity index (χ1) is 15.7. The van der Waals surface area contributed by atoms with Gasteiger partial charge in [0.15, 0.2) is 0 Å². The molecule has 1 aromatic rings. The van der Waals surface area contributed by atoms with Crippen LogP contribution in [0.5, 0.6) is 0 Å². The Morgan fingerprint density at radius 3 is 2.82 bits per heavy atom. The maximum Gasteiger partial charge on any atom is 0.319 e. The molecule has 1 aromatic carbocycles. The quantitative estimate of drug-likeness (QED) is 0.527. The van der Waals surface area contributed by atoms with Crippen molar-refractivity contribution < 1.29 is 9.18 Å². The topological polar surface area (TPSA) is 96.2 Å². The number of hydrogen-bond acceptors (Lipinski definition) is 5. The van der Waals surface area contributed by atoms with E-state index in [9.17, 15) is 9.18 Å². The van der Waals surface area contributed by atoms with Gasteiger partial charge in [-0.15, -0.1) is 0 Å². The molecule has 174 valence electrons. The lowest BCUT2D eigenvalue weighted by molar-refractivity contribution is 0.250. The maximum atomic E-state index is 14.7. The summed E-state index contributed by atoms with van der Waals surface area (Å²) >= 11 is 6.46. The van der Waals surface area contributed by atoms with Gasteiger partial charge < -0.3 is 20.5 Å². The van der Waals surface area contributed by atoms with Crippen LogP contribution in [0.25, 0.3) is 22.5 Å². The average Bonchev–Trinajstić information content (AvgIpc) is 3.24. The molecule has 0 unspecified atom stereocenters. The summed E-state index contributed by atoms with van der Waals surface area (Å²) in [6, 6.07) is 4.21. The van der Waals surface area contributed by atoms with Crippen molar-refractivity contribution in [2.24, 2.45) is 10.4 Å². The van der Waals surface area contributed by atoms with Crippen LogP contribution in [0.4, 0.5) is 20.7 Å². The second kappa shape index (κ2) is 8.97. The van der Waals surface area contributed by atoms with Crippen LogP contribution in [-0.4, -0.2) is 40.7 Å². The molecule has 3 N–H and O–H groups in total. The van der Waals surface area contributed by atoms with Crippen molar-refractivity contribution in [3.05, 3.63) is 40.9 Å². The number of anilines is 2. The molecule has 3 aliphatic rings. The van der Waals surface area contributed by atoms with Crippen LogP contribution in [0.15, 0.2) is 29.4 Å². The predicted molar refractivity (Wildman–Crippen MR) is 128 cm³/mol. The van der Waals surface area contributed by atoms with E-state index in [2.05, 4.69) is 51.7 Å². The number of rotatable bonds is 4. The van der Waals surface area contributed by atoms with Crippen LogP contribution in [0.1, 0.15) is 27.2 Å². The second-order valence-electron chi connectivity index (χ2n) is 9.16. The zero-order chi connectivity index (χ0) is 23.8. The highest BCUT2D eigenvalue weighted by Gasteiger charge is 2.24. The summed E-state index contributed by atoms with van der Waals surface area (Å²) in [6.07, 6.45) is 2.51. The smallest absolute Gasteiger partial charge is 0.319 e. The molecule has 0 atom stereocenters. The second-order valence-corrected chi connectivity index (χ2v) is 9.57. The molecular formula is C23H27ClFN7O. The van der Waals surface area contributed by atoms with E-state index in [-0.39, 0.29) is 16.1 Å². The Kier molecular flexibility index (Phi) is 6.25. The molecular weight excluding hydrogens is 445 g/mol. The molecule has 3 aliphatic heterocycles. The molecule has 0 saturated heterocycles. The first-order valence-corrected chi connectivity index (χ1v) is 11.2. The standard InChI is InChI=1S/C23H27ClFN7O/c1-23(2,3)5-6-28-22(33)30-18-10-14(16(24)11-17(18)25)15-9-13-12-29-21(26-4)31-19(13)32-8-7-27-20(15)32/h9-12,27H,5-8H2,1-4H3,(H2,28,30,33). The number of carbonyl (C=O) groups is 1. The van der Waals surface area contributed by atoms with E-state index in [4.69, 9.17) is 11.6 Å².